The summed E-state index contributed by atoms with van der Waals surface area (Å²) in [6.45, 7) is 8.38. The van der Waals surface area contributed by atoms with Gasteiger partial charge < -0.3 is 19.9 Å². The van der Waals surface area contributed by atoms with E-state index in [2.05, 4.69) is 41.2 Å². The largest absolute Gasteiger partial charge is 0.383 e. The molecule has 1 saturated heterocycles. The summed E-state index contributed by atoms with van der Waals surface area (Å²) in [5.41, 5.74) is 4.65. The molecule has 1 amide bonds. The first-order valence-electron chi connectivity index (χ1n) is 9.52. The number of hydrogen-bond acceptors (Lipinski definition) is 4. The predicted octanol–water partition coefficient (Wildman–Crippen LogP) is 2.20. The van der Waals surface area contributed by atoms with E-state index in [1.54, 1.807) is 7.11 Å². The Labute approximate surface area is 155 Å². The number of H-pyrrole nitrogens is 1. The van der Waals surface area contributed by atoms with E-state index in [0.717, 1.165) is 62.4 Å². The van der Waals surface area contributed by atoms with Crippen molar-refractivity contribution < 1.29 is 9.53 Å². The highest BCUT2D eigenvalue weighted by atomic mass is 16.5. The van der Waals surface area contributed by atoms with Gasteiger partial charge in [0.25, 0.3) is 0 Å². The fourth-order valence-corrected chi connectivity index (χ4v) is 3.56. The summed E-state index contributed by atoms with van der Waals surface area (Å²) < 4.78 is 5.11. The van der Waals surface area contributed by atoms with E-state index in [0.29, 0.717) is 6.54 Å². The number of nitrogens with one attached hydrogen (secondary N) is 2. The van der Waals surface area contributed by atoms with E-state index in [9.17, 15) is 4.79 Å². The minimum Gasteiger partial charge on any atom is -0.383 e. The molecule has 0 unspecified atom stereocenters. The van der Waals surface area contributed by atoms with Crippen molar-refractivity contribution in [3.8, 4) is 0 Å². The molecule has 6 heteroatoms. The van der Waals surface area contributed by atoms with Crippen LogP contribution in [0.5, 0.6) is 0 Å². The Bertz CT molecular complexity index is 756. The number of aryl methyl sites for hydroxylation is 3. The fourth-order valence-electron chi connectivity index (χ4n) is 3.56. The summed E-state index contributed by atoms with van der Waals surface area (Å²) in [6.07, 6.45) is 2.68. The average Bonchev–Trinajstić information content (AvgIpc) is 3.27. The molecule has 1 atom stereocenters. The van der Waals surface area contributed by atoms with Crippen LogP contribution in [-0.4, -0.2) is 60.7 Å². The topological polar surface area (TPSA) is 70.2 Å². The maximum atomic E-state index is 12.3. The second kappa shape index (κ2) is 8.64. The lowest BCUT2D eigenvalue weighted by Gasteiger charge is -2.15. The monoisotopic (exact) mass is 358 g/mol. The number of carbonyl (C=O) groups excluding carboxylic acids is 1. The third kappa shape index (κ3) is 4.43. The fraction of sp³-hybridized carbons (Fsp3) is 0.600. The van der Waals surface area contributed by atoms with Gasteiger partial charge in [-0.2, -0.15) is 0 Å². The lowest BCUT2D eigenvalue weighted by atomic mass is 10.1. The van der Waals surface area contributed by atoms with Crippen LogP contribution in [-0.2, 0) is 16.0 Å². The summed E-state index contributed by atoms with van der Waals surface area (Å²) in [5, 5.41) is 3.09. The van der Waals surface area contributed by atoms with Gasteiger partial charge >= 0.3 is 0 Å². The third-order valence-corrected chi connectivity index (χ3v) is 5.37. The first-order chi connectivity index (χ1) is 12.6. The standard InChI is InChI=1S/C20H30N4O2/c1-14-6-7-17-19(15(14)2)23-18(22-17)5-4-9-21-20(25)16-8-10-24(13-16)11-12-26-3/h6-7,16H,4-5,8-13H2,1-3H3,(H,21,25)(H,22,23)/t16-/m1/s1. The number of benzene rings is 1. The molecule has 1 aromatic carbocycles. The van der Waals surface area contributed by atoms with Crippen molar-refractivity contribution in [2.45, 2.75) is 33.1 Å². The van der Waals surface area contributed by atoms with Crippen LogP contribution in [0.3, 0.4) is 0 Å². The van der Waals surface area contributed by atoms with Crippen LogP contribution in [0.15, 0.2) is 12.1 Å². The summed E-state index contributed by atoms with van der Waals surface area (Å²) in [7, 11) is 1.71. The predicted molar refractivity (Wildman–Crippen MR) is 103 cm³/mol. The summed E-state index contributed by atoms with van der Waals surface area (Å²) >= 11 is 0. The van der Waals surface area contributed by atoms with E-state index in [1.165, 1.54) is 11.1 Å². The molecule has 0 bridgehead atoms. The molecule has 2 N–H and O–H groups in total. The lowest BCUT2D eigenvalue weighted by Crippen LogP contribution is -2.34. The summed E-state index contributed by atoms with van der Waals surface area (Å²) in [6, 6.07) is 4.21. The van der Waals surface area contributed by atoms with Crippen LogP contribution in [0, 0.1) is 19.8 Å². The molecule has 0 radical (unpaired) electrons. The van der Waals surface area contributed by atoms with E-state index in [4.69, 9.17) is 9.72 Å². The van der Waals surface area contributed by atoms with Crippen molar-refractivity contribution >= 4 is 16.9 Å². The zero-order chi connectivity index (χ0) is 18.5. The molecule has 2 heterocycles. The molecule has 142 valence electrons. The number of hydrogen-bond donors (Lipinski definition) is 2. The molecular formula is C20H30N4O2. The first kappa shape index (κ1) is 18.9. The van der Waals surface area contributed by atoms with E-state index < -0.39 is 0 Å². The van der Waals surface area contributed by atoms with Gasteiger partial charge in [-0.05, 0) is 50.4 Å². The third-order valence-electron chi connectivity index (χ3n) is 5.37. The Morgan fingerprint density at radius 3 is 3.08 bits per heavy atom. The van der Waals surface area contributed by atoms with Gasteiger partial charge in [-0.1, -0.05) is 6.07 Å². The number of rotatable bonds is 8. The van der Waals surface area contributed by atoms with Gasteiger partial charge in [0.15, 0.2) is 0 Å². The number of carbonyl (C=O) groups is 1. The Morgan fingerprint density at radius 2 is 2.27 bits per heavy atom. The van der Waals surface area contributed by atoms with Crippen LogP contribution < -0.4 is 5.32 Å². The zero-order valence-electron chi connectivity index (χ0n) is 16.1. The maximum absolute atomic E-state index is 12.3. The Hall–Kier alpha value is -1.92. The number of likely N-dealkylation sites (tertiary alicyclic amines) is 1. The summed E-state index contributed by atoms with van der Waals surface area (Å²) in [5.74, 6) is 1.29. The van der Waals surface area contributed by atoms with E-state index >= 15 is 0 Å². The number of aromatic amines is 1. The Balaban J connectivity index is 1.42. The van der Waals surface area contributed by atoms with Crippen molar-refractivity contribution in [3.05, 3.63) is 29.1 Å². The molecule has 2 aromatic rings. The molecule has 0 spiro atoms. The van der Waals surface area contributed by atoms with E-state index in [1.807, 2.05) is 0 Å². The van der Waals surface area contributed by atoms with Crippen molar-refractivity contribution in [2.75, 3.05) is 39.9 Å². The van der Waals surface area contributed by atoms with Crippen LogP contribution in [0.25, 0.3) is 11.0 Å². The highest BCUT2D eigenvalue weighted by molar-refractivity contribution is 5.80. The van der Waals surface area contributed by atoms with Gasteiger partial charge in [0.1, 0.15) is 5.82 Å². The average molecular weight is 358 g/mol. The zero-order valence-corrected chi connectivity index (χ0v) is 16.1. The van der Waals surface area contributed by atoms with Crippen LogP contribution >= 0.6 is 0 Å². The SMILES string of the molecule is COCCN1CC[C@@H](C(=O)NCCCc2nc3c(C)c(C)ccc3[nH]2)C1. The second-order valence-corrected chi connectivity index (χ2v) is 7.26. The molecule has 26 heavy (non-hydrogen) atoms. The van der Waals surface area contributed by atoms with Crippen LogP contribution in [0.2, 0.25) is 0 Å². The van der Waals surface area contributed by atoms with Gasteiger partial charge in [0.05, 0.1) is 23.6 Å². The molecule has 0 saturated carbocycles. The molecule has 0 aliphatic carbocycles. The summed E-state index contributed by atoms with van der Waals surface area (Å²) in [4.78, 5) is 22.7. The van der Waals surface area contributed by atoms with Crippen LogP contribution in [0.1, 0.15) is 29.8 Å². The number of imidazole rings is 1. The molecule has 1 aliphatic heterocycles. The lowest BCUT2D eigenvalue weighted by molar-refractivity contribution is -0.124. The number of amides is 1. The number of aromatic nitrogens is 2. The molecule has 1 fully saturated rings. The van der Waals surface area contributed by atoms with Crippen molar-refractivity contribution in [1.29, 1.82) is 0 Å². The molecule has 1 aromatic heterocycles. The highest BCUT2D eigenvalue weighted by Crippen LogP contribution is 2.20. The number of methoxy groups -OCH3 is 1. The van der Waals surface area contributed by atoms with Gasteiger partial charge in [0, 0.05) is 33.2 Å². The van der Waals surface area contributed by atoms with Gasteiger partial charge in [-0.25, -0.2) is 4.98 Å². The second-order valence-electron chi connectivity index (χ2n) is 7.26. The normalized spacial score (nSPS) is 17.9. The Kier molecular flexibility index (Phi) is 6.27. The van der Waals surface area contributed by atoms with Crippen molar-refractivity contribution in [1.82, 2.24) is 20.2 Å². The molecular weight excluding hydrogens is 328 g/mol. The Morgan fingerprint density at radius 1 is 1.42 bits per heavy atom. The van der Waals surface area contributed by atoms with Crippen molar-refractivity contribution in [3.63, 3.8) is 0 Å². The highest BCUT2D eigenvalue weighted by Gasteiger charge is 2.27. The van der Waals surface area contributed by atoms with Crippen molar-refractivity contribution in [2.24, 2.45) is 5.92 Å². The minimum absolute atomic E-state index is 0.115. The minimum atomic E-state index is 0.115. The van der Waals surface area contributed by atoms with Crippen LogP contribution in [0.4, 0.5) is 0 Å². The number of fused-ring (bicyclic) bond motifs is 1. The maximum Gasteiger partial charge on any atom is 0.224 e. The van der Waals surface area contributed by atoms with Gasteiger partial charge in [-0.15, -0.1) is 0 Å². The van der Waals surface area contributed by atoms with Gasteiger partial charge in [-0.3, -0.25) is 4.79 Å². The number of nitrogens with zero attached hydrogens (tertiary/aromatic N) is 2. The first-order valence-corrected chi connectivity index (χ1v) is 9.52. The molecule has 3 rings (SSSR count). The molecule has 1 aliphatic rings. The van der Waals surface area contributed by atoms with E-state index in [-0.39, 0.29) is 11.8 Å². The smallest absolute Gasteiger partial charge is 0.224 e. The molecule has 6 nitrogen and oxygen atoms in total. The van der Waals surface area contributed by atoms with Gasteiger partial charge in [0.2, 0.25) is 5.91 Å². The quantitative estimate of drug-likeness (QED) is 0.710. The number of ether oxygens (including phenoxy) is 1.